The maximum atomic E-state index is 13.5. The van der Waals surface area contributed by atoms with Crippen LogP contribution in [0.5, 0.6) is 0 Å². The van der Waals surface area contributed by atoms with E-state index >= 15 is 0 Å². The van der Waals surface area contributed by atoms with Crippen molar-refractivity contribution in [2.45, 2.75) is 12.8 Å². The molecule has 0 heterocycles. The Bertz CT molecular complexity index is 458. The minimum Gasteiger partial charge on any atom is -0.481 e. The second-order valence-corrected chi connectivity index (χ2v) is 4.54. The number of hydrogen-bond donors (Lipinski definition) is 1. The zero-order chi connectivity index (χ0) is 12.6. The predicted molar refractivity (Wildman–Crippen MR) is 58.9 cm³/mol. The zero-order valence-corrected chi connectivity index (χ0v) is 9.41. The number of carbonyl (C=O) groups is 1. The lowest BCUT2D eigenvalue weighted by Crippen LogP contribution is -2.32. The molecule has 1 saturated carbocycles. The molecule has 0 aliphatic heterocycles. The molecule has 5 heteroatoms. The van der Waals surface area contributed by atoms with Gasteiger partial charge in [0.05, 0.1) is 11.1 Å². The Morgan fingerprint density at radius 1 is 1.47 bits per heavy atom. The minimum atomic E-state index is -0.855. The highest BCUT2D eigenvalue weighted by molar-refractivity contribution is 5.78. The topological polar surface area (TPSA) is 40.5 Å². The Labute approximate surface area is 97.7 Å². The third kappa shape index (κ3) is 2.23. The Hall–Kier alpha value is -1.65. The van der Waals surface area contributed by atoms with E-state index in [-0.39, 0.29) is 12.2 Å². The van der Waals surface area contributed by atoms with Crippen molar-refractivity contribution in [1.29, 1.82) is 0 Å². The molecule has 1 aliphatic carbocycles. The normalized spacial score (nSPS) is 16.6. The highest BCUT2D eigenvalue weighted by Gasteiger charge is 2.51. The van der Waals surface area contributed by atoms with E-state index in [0.29, 0.717) is 12.8 Å². The summed E-state index contributed by atoms with van der Waals surface area (Å²) < 4.78 is 26.2. The van der Waals surface area contributed by atoms with Crippen LogP contribution >= 0.6 is 0 Å². The van der Waals surface area contributed by atoms with Gasteiger partial charge in [-0.3, -0.25) is 4.79 Å². The van der Waals surface area contributed by atoms with Crippen molar-refractivity contribution in [3.63, 3.8) is 0 Å². The van der Waals surface area contributed by atoms with Crippen LogP contribution in [0.25, 0.3) is 0 Å². The van der Waals surface area contributed by atoms with Crippen molar-refractivity contribution in [2.75, 3.05) is 18.5 Å². The second-order valence-electron chi connectivity index (χ2n) is 4.54. The summed E-state index contributed by atoms with van der Waals surface area (Å²) in [6.45, 7) is 0.241. The standard InChI is InChI=1S/C12H13F2NO2/c1-15(7-12(4-5-12)11(16)17)10-3-2-8(13)6-9(10)14/h2-3,6H,4-5,7H2,1H3,(H,16,17). The molecule has 0 unspecified atom stereocenters. The van der Waals surface area contributed by atoms with Gasteiger partial charge in [-0.05, 0) is 25.0 Å². The molecule has 1 aliphatic rings. The van der Waals surface area contributed by atoms with E-state index in [9.17, 15) is 13.6 Å². The minimum absolute atomic E-state index is 0.221. The highest BCUT2D eigenvalue weighted by atomic mass is 19.1. The van der Waals surface area contributed by atoms with Gasteiger partial charge in [-0.1, -0.05) is 0 Å². The van der Waals surface area contributed by atoms with Gasteiger partial charge in [0.1, 0.15) is 11.6 Å². The number of hydrogen-bond acceptors (Lipinski definition) is 2. The van der Waals surface area contributed by atoms with Crippen molar-refractivity contribution in [3.05, 3.63) is 29.8 Å². The fraction of sp³-hybridized carbons (Fsp3) is 0.417. The van der Waals surface area contributed by atoms with E-state index in [1.807, 2.05) is 0 Å². The lowest BCUT2D eigenvalue weighted by molar-refractivity contribution is -0.142. The summed E-state index contributed by atoms with van der Waals surface area (Å²) in [7, 11) is 1.61. The Balaban J connectivity index is 2.15. The van der Waals surface area contributed by atoms with Crippen LogP contribution in [0.15, 0.2) is 18.2 Å². The average Bonchev–Trinajstić information content (AvgIpc) is 2.98. The zero-order valence-electron chi connectivity index (χ0n) is 9.41. The van der Waals surface area contributed by atoms with E-state index in [2.05, 4.69) is 0 Å². The van der Waals surface area contributed by atoms with Crippen LogP contribution in [0.3, 0.4) is 0 Å². The molecule has 0 aromatic heterocycles. The van der Waals surface area contributed by atoms with Crippen molar-refractivity contribution >= 4 is 11.7 Å². The summed E-state index contributed by atoms with van der Waals surface area (Å²) in [5.41, 5.74) is -0.533. The van der Waals surface area contributed by atoms with Crippen LogP contribution in [-0.4, -0.2) is 24.7 Å². The SMILES string of the molecule is CN(CC1(C(=O)O)CC1)c1ccc(F)cc1F. The van der Waals surface area contributed by atoms with Crippen LogP contribution in [0.1, 0.15) is 12.8 Å². The molecule has 0 bridgehead atoms. The maximum absolute atomic E-state index is 13.5. The van der Waals surface area contributed by atoms with Gasteiger partial charge in [0.15, 0.2) is 0 Å². The summed E-state index contributed by atoms with van der Waals surface area (Å²) in [5.74, 6) is -2.17. The summed E-state index contributed by atoms with van der Waals surface area (Å²) in [6, 6.07) is 3.28. The number of anilines is 1. The fourth-order valence-corrected chi connectivity index (χ4v) is 1.92. The lowest BCUT2D eigenvalue weighted by atomic mass is 10.1. The molecule has 1 fully saturated rings. The van der Waals surface area contributed by atoms with E-state index in [4.69, 9.17) is 5.11 Å². The first-order valence-electron chi connectivity index (χ1n) is 5.34. The largest absolute Gasteiger partial charge is 0.481 e. The molecular weight excluding hydrogens is 228 g/mol. The number of rotatable bonds is 4. The Kier molecular flexibility index (Phi) is 2.77. The summed E-state index contributed by atoms with van der Waals surface area (Å²) in [6.07, 6.45) is 1.21. The van der Waals surface area contributed by atoms with Gasteiger partial charge < -0.3 is 10.0 Å². The number of halogens is 2. The van der Waals surface area contributed by atoms with Crippen LogP contribution < -0.4 is 4.90 Å². The highest BCUT2D eigenvalue weighted by Crippen LogP contribution is 2.46. The maximum Gasteiger partial charge on any atom is 0.311 e. The van der Waals surface area contributed by atoms with Gasteiger partial charge in [0.2, 0.25) is 0 Å². The van der Waals surface area contributed by atoms with Gasteiger partial charge in [0.25, 0.3) is 0 Å². The van der Waals surface area contributed by atoms with E-state index in [0.717, 1.165) is 12.1 Å². The van der Waals surface area contributed by atoms with Crippen LogP contribution in [0.2, 0.25) is 0 Å². The second kappa shape index (κ2) is 3.98. The fourth-order valence-electron chi connectivity index (χ4n) is 1.92. The molecule has 1 aromatic rings. The molecule has 17 heavy (non-hydrogen) atoms. The summed E-state index contributed by atoms with van der Waals surface area (Å²) in [5, 5.41) is 9.03. The molecule has 0 radical (unpaired) electrons. The predicted octanol–water partition coefficient (Wildman–Crippen LogP) is 2.27. The molecule has 0 atom stereocenters. The molecule has 1 aromatic carbocycles. The van der Waals surface area contributed by atoms with E-state index in [1.54, 1.807) is 7.05 Å². The number of benzene rings is 1. The van der Waals surface area contributed by atoms with Crippen molar-refractivity contribution in [3.8, 4) is 0 Å². The first kappa shape index (κ1) is 11.8. The lowest BCUT2D eigenvalue weighted by Gasteiger charge is -2.23. The van der Waals surface area contributed by atoms with E-state index < -0.39 is 23.0 Å². The third-order valence-electron chi connectivity index (χ3n) is 3.17. The van der Waals surface area contributed by atoms with Crippen LogP contribution in [-0.2, 0) is 4.79 Å². The number of nitrogens with zero attached hydrogens (tertiary/aromatic N) is 1. The van der Waals surface area contributed by atoms with Gasteiger partial charge in [-0.2, -0.15) is 0 Å². The number of carboxylic acids is 1. The van der Waals surface area contributed by atoms with Crippen molar-refractivity contribution in [1.82, 2.24) is 0 Å². The van der Waals surface area contributed by atoms with E-state index in [1.165, 1.54) is 11.0 Å². The molecule has 0 amide bonds. The van der Waals surface area contributed by atoms with Crippen LogP contribution in [0.4, 0.5) is 14.5 Å². The summed E-state index contributed by atoms with van der Waals surface area (Å²) >= 11 is 0. The molecule has 2 rings (SSSR count). The number of carboxylic acid groups (broad SMARTS) is 1. The molecule has 0 saturated heterocycles. The first-order valence-corrected chi connectivity index (χ1v) is 5.34. The smallest absolute Gasteiger partial charge is 0.311 e. The average molecular weight is 241 g/mol. The summed E-state index contributed by atoms with van der Waals surface area (Å²) in [4.78, 5) is 12.5. The first-order chi connectivity index (χ1) is 7.94. The van der Waals surface area contributed by atoms with Gasteiger partial charge >= 0.3 is 5.97 Å². The number of aliphatic carboxylic acids is 1. The van der Waals surface area contributed by atoms with Crippen molar-refractivity contribution in [2.24, 2.45) is 5.41 Å². The Morgan fingerprint density at radius 2 is 2.12 bits per heavy atom. The molecule has 0 spiro atoms. The Morgan fingerprint density at radius 3 is 2.59 bits per heavy atom. The van der Waals surface area contributed by atoms with Gasteiger partial charge in [-0.25, -0.2) is 8.78 Å². The van der Waals surface area contributed by atoms with Gasteiger partial charge in [-0.15, -0.1) is 0 Å². The van der Waals surface area contributed by atoms with Crippen LogP contribution in [0, 0.1) is 17.0 Å². The molecular formula is C12H13F2NO2. The quantitative estimate of drug-likeness (QED) is 0.879. The van der Waals surface area contributed by atoms with Crippen molar-refractivity contribution < 1.29 is 18.7 Å². The molecule has 1 N–H and O–H groups in total. The molecule has 92 valence electrons. The monoisotopic (exact) mass is 241 g/mol. The molecule has 3 nitrogen and oxygen atoms in total. The third-order valence-corrected chi connectivity index (χ3v) is 3.17. The van der Waals surface area contributed by atoms with Gasteiger partial charge in [0, 0.05) is 19.7 Å².